The first-order chi connectivity index (χ1) is 15.2. The van der Waals surface area contributed by atoms with E-state index in [-0.39, 0.29) is 11.6 Å². The zero-order valence-electron chi connectivity index (χ0n) is 16.5. The second-order valence-corrected chi connectivity index (χ2v) is 7.67. The molecule has 5 heteroatoms. The quantitative estimate of drug-likeness (QED) is 0.330. The Balaban J connectivity index is 1.63. The molecule has 0 radical (unpaired) electrons. The lowest BCUT2D eigenvalue weighted by atomic mass is 10.2. The molecule has 0 spiro atoms. The van der Waals surface area contributed by atoms with E-state index >= 15 is 0 Å². The Hall–Kier alpha value is -3.99. The summed E-state index contributed by atoms with van der Waals surface area (Å²) in [4.78, 5) is 4.91. The van der Waals surface area contributed by atoms with Crippen LogP contribution in [0.3, 0.4) is 0 Å². The van der Waals surface area contributed by atoms with Crippen molar-refractivity contribution in [2.75, 3.05) is 0 Å². The van der Waals surface area contributed by atoms with Crippen LogP contribution in [0, 0.1) is 11.6 Å². The second kappa shape index (κ2) is 6.77. The molecule has 0 amide bonds. The first-order valence-electron chi connectivity index (χ1n) is 10.1. The van der Waals surface area contributed by atoms with Gasteiger partial charge in [0.05, 0.1) is 11.2 Å². The van der Waals surface area contributed by atoms with E-state index in [0.717, 1.165) is 44.3 Å². The molecule has 0 aliphatic heterocycles. The molecule has 0 N–H and O–H groups in total. The lowest BCUT2D eigenvalue weighted by Crippen LogP contribution is -2.01. The molecule has 6 rings (SSSR count). The van der Waals surface area contributed by atoms with Crippen LogP contribution in [0.2, 0.25) is 0 Å². The number of rotatable bonds is 3. The van der Waals surface area contributed by atoms with Gasteiger partial charge in [0.1, 0.15) is 11.6 Å². The fourth-order valence-electron chi connectivity index (χ4n) is 4.27. The summed E-state index contributed by atoms with van der Waals surface area (Å²) in [6.45, 7) is 0.600. The van der Waals surface area contributed by atoms with Crippen molar-refractivity contribution in [2.45, 2.75) is 6.54 Å². The Kier molecular flexibility index (Phi) is 3.90. The van der Waals surface area contributed by atoms with Gasteiger partial charge in [-0.2, -0.15) is 0 Å². The number of fused-ring (bicyclic) bond motifs is 5. The number of halogens is 2. The van der Waals surface area contributed by atoms with Crippen LogP contribution in [0.15, 0.2) is 91.3 Å². The van der Waals surface area contributed by atoms with E-state index in [1.165, 1.54) is 24.3 Å². The van der Waals surface area contributed by atoms with E-state index in [1.54, 1.807) is 12.1 Å². The minimum atomic E-state index is -0.269. The van der Waals surface area contributed by atoms with Crippen LogP contribution in [0.1, 0.15) is 5.56 Å². The molecule has 0 fully saturated rings. The maximum atomic E-state index is 13.4. The Bertz CT molecular complexity index is 1560. The van der Waals surface area contributed by atoms with Gasteiger partial charge in [-0.05, 0) is 54.1 Å². The van der Waals surface area contributed by atoms with Crippen molar-refractivity contribution in [3.8, 4) is 11.3 Å². The van der Waals surface area contributed by atoms with Crippen molar-refractivity contribution in [2.24, 2.45) is 0 Å². The number of pyridine rings is 1. The average Bonchev–Trinajstić information content (AvgIpc) is 3.36. The fourth-order valence-corrected chi connectivity index (χ4v) is 4.27. The first kappa shape index (κ1) is 17.8. The van der Waals surface area contributed by atoms with Crippen molar-refractivity contribution in [3.63, 3.8) is 0 Å². The van der Waals surface area contributed by atoms with E-state index in [1.807, 2.05) is 41.1 Å². The summed E-state index contributed by atoms with van der Waals surface area (Å²) in [7, 11) is 0. The third kappa shape index (κ3) is 2.89. The summed E-state index contributed by atoms with van der Waals surface area (Å²) >= 11 is 0. The minimum absolute atomic E-state index is 0.245. The minimum Gasteiger partial charge on any atom is -0.333 e. The molecule has 0 aliphatic rings. The number of hydrogen-bond donors (Lipinski definition) is 0. The van der Waals surface area contributed by atoms with E-state index in [9.17, 15) is 8.78 Å². The highest BCUT2D eigenvalue weighted by atomic mass is 19.1. The maximum Gasteiger partial charge on any atom is 0.162 e. The van der Waals surface area contributed by atoms with Crippen LogP contribution in [-0.2, 0) is 6.54 Å². The molecule has 150 valence electrons. The largest absolute Gasteiger partial charge is 0.333 e. The highest BCUT2D eigenvalue weighted by Crippen LogP contribution is 2.33. The van der Waals surface area contributed by atoms with Gasteiger partial charge in [-0.1, -0.05) is 30.3 Å². The average molecular weight is 409 g/mol. The van der Waals surface area contributed by atoms with Gasteiger partial charge in [0.2, 0.25) is 0 Å². The summed E-state index contributed by atoms with van der Waals surface area (Å²) in [6.07, 6.45) is 3.97. The van der Waals surface area contributed by atoms with Gasteiger partial charge in [0.25, 0.3) is 0 Å². The Morgan fingerprint density at radius 2 is 1.45 bits per heavy atom. The van der Waals surface area contributed by atoms with Gasteiger partial charge >= 0.3 is 0 Å². The fraction of sp³-hybridized carbons (Fsp3) is 0.0385. The SMILES string of the molecule is Fc1ccc(Cn2c3ccccc3c3ccn4cc(-c5ccc(F)cc5)nc4c32)cc1. The van der Waals surface area contributed by atoms with Crippen molar-refractivity contribution in [3.05, 3.63) is 108 Å². The van der Waals surface area contributed by atoms with Gasteiger partial charge < -0.3 is 8.97 Å². The molecule has 0 atom stereocenters. The van der Waals surface area contributed by atoms with Crippen molar-refractivity contribution < 1.29 is 8.78 Å². The predicted octanol–water partition coefficient (Wildman–Crippen LogP) is 6.44. The number of imidazole rings is 1. The molecule has 0 saturated carbocycles. The molecule has 3 aromatic carbocycles. The highest BCUT2D eigenvalue weighted by molar-refractivity contribution is 6.12. The van der Waals surface area contributed by atoms with Gasteiger partial charge in [-0.25, -0.2) is 13.8 Å². The first-order valence-corrected chi connectivity index (χ1v) is 10.1. The van der Waals surface area contributed by atoms with Crippen molar-refractivity contribution >= 4 is 27.5 Å². The van der Waals surface area contributed by atoms with Crippen LogP contribution in [0.4, 0.5) is 8.78 Å². The van der Waals surface area contributed by atoms with Crippen LogP contribution >= 0.6 is 0 Å². The number of aromatic nitrogens is 3. The Labute approximate surface area is 176 Å². The molecule has 3 aromatic heterocycles. The van der Waals surface area contributed by atoms with E-state index in [0.29, 0.717) is 6.54 Å². The molecular weight excluding hydrogens is 392 g/mol. The lowest BCUT2D eigenvalue weighted by molar-refractivity contribution is 0.626. The summed E-state index contributed by atoms with van der Waals surface area (Å²) in [6, 6.07) is 23.3. The predicted molar refractivity (Wildman–Crippen MR) is 119 cm³/mol. The van der Waals surface area contributed by atoms with Gasteiger partial charge in [-0.3, -0.25) is 0 Å². The van der Waals surface area contributed by atoms with Crippen LogP contribution in [0.5, 0.6) is 0 Å². The zero-order chi connectivity index (χ0) is 20.9. The molecule has 3 nitrogen and oxygen atoms in total. The van der Waals surface area contributed by atoms with Crippen LogP contribution in [-0.4, -0.2) is 14.0 Å². The van der Waals surface area contributed by atoms with E-state index < -0.39 is 0 Å². The number of para-hydroxylation sites is 1. The topological polar surface area (TPSA) is 22.2 Å². The number of nitrogens with zero attached hydrogens (tertiary/aromatic N) is 3. The number of benzene rings is 3. The van der Waals surface area contributed by atoms with Crippen LogP contribution < -0.4 is 0 Å². The molecule has 0 bridgehead atoms. The van der Waals surface area contributed by atoms with Crippen LogP contribution in [0.25, 0.3) is 38.7 Å². The molecule has 3 heterocycles. The summed E-state index contributed by atoms with van der Waals surface area (Å²) in [5.41, 5.74) is 5.60. The zero-order valence-corrected chi connectivity index (χ0v) is 16.5. The third-order valence-electron chi connectivity index (χ3n) is 5.75. The lowest BCUT2D eigenvalue weighted by Gasteiger charge is -2.08. The Morgan fingerprint density at radius 3 is 2.23 bits per heavy atom. The molecular formula is C26H17F2N3. The summed E-state index contributed by atoms with van der Waals surface area (Å²) in [5, 5.41) is 2.26. The summed E-state index contributed by atoms with van der Waals surface area (Å²) < 4.78 is 31.0. The molecule has 0 saturated heterocycles. The third-order valence-corrected chi connectivity index (χ3v) is 5.75. The Morgan fingerprint density at radius 1 is 0.742 bits per heavy atom. The van der Waals surface area contributed by atoms with Crippen molar-refractivity contribution in [1.29, 1.82) is 0 Å². The van der Waals surface area contributed by atoms with E-state index in [4.69, 9.17) is 4.98 Å². The molecule has 0 aliphatic carbocycles. The van der Waals surface area contributed by atoms with Crippen molar-refractivity contribution in [1.82, 2.24) is 14.0 Å². The van der Waals surface area contributed by atoms with Gasteiger partial charge in [-0.15, -0.1) is 0 Å². The maximum absolute atomic E-state index is 13.4. The van der Waals surface area contributed by atoms with Gasteiger partial charge in [0, 0.05) is 40.8 Å². The monoisotopic (exact) mass is 409 g/mol. The summed E-state index contributed by atoms with van der Waals surface area (Å²) in [5.74, 6) is -0.514. The number of hydrogen-bond acceptors (Lipinski definition) is 1. The molecule has 0 unspecified atom stereocenters. The highest BCUT2D eigenvalue weighted by Gasteiger charge is 2.16. The van der Waals surface area contributed by atoms with E-state index in [2.05, 4.69) is 22.8 Å². The second-order valence-electron chi connectivity index (χ2n) is 7.67. The molecule has 31 heavy (non-hydrogen) atoms. The smallest absolute Gasteiger partial charge is 0.162 e. The standard InChI is InChI=1S/C26H17F2N3/c27-19-9-5-17(6-10-19)15-31-24-4-2-1-3-21(24)22-13-14-30-16-23(29-26(30)25(22)31)18-7-11-20(28)12-8-18/h1-14,16H,15H2. The normalized spacial score (nSPS) is 11.7. The van der Waals surface area contributed by atoms with Gasteiger partial charge in [0.15, 0.2) is 5.65 Å². The molecule has 6 aromatic rings.